The highest BCUT2D eigenvalue weighted by Crippen LogP contribution is 2.16. The molecule has 0 fully saturated rings. The quantitative estimate of drug-likeness (QED) is 0.0330. The number of esters is 1. The van der Waals surface area contributed by atoms with Gasteiger partial charge in [0.1, 0.15) is 6.10 Å². The molecule has 6 heteroatoms. The number of hydrogen-bond donors (Lipinski definition) is 3. The van der Waals surface area contributed by atoms with Crippen molar-refractivity contribution in [3.63, 3.8) is 0 Å². The van der Waals surface area contributed by atoms with Gasteiger partial charge in [0, 0.05) is 6.42 Å². The number of allylic oxidation sites excluding steroid dienone is 10. The first-order valence-electron chi connectivity index (χ1n) is 22.5. The fourth-order valence-corrected chi connectivity index (χ4v) is 6.36. The fourth-order valence-electron chi connectivity index (χ4n) is 6.36. The van der Waals surface area contributed by atoms with Crippen LogP contribution in [0.5, 0.6) is 0 Å². The Hall–Kier alpha value is -2.44. The van der Waals surface area contributed by atoms with Crippen molar-refractivity contribution in [3.05, 3.63) is 60.8 Å². The van der Waals surface area contributed by atoms with Crippen LogP contribution in [0.4, 0.5) is 0 Å². The molecule has 0 aliphatic rings. The highest BCUT2D eigenvalue weighted by Gasteiger charge is 2.24. The maximum absolute atomic E-state index is 13.1. The number of unbranched alkanes of at least 4 members (excludes halogenated alkanes) is 17. The van der Waals surface area contributed by atoms with E-state index in [0.717, 1.165) is 83.5 Å². The van der Waals surface area contributed by atoms with Crippen molar-refractivity contribution < 1.29 is 24.5 Å². The third-order valence-electron chi connectivity index (χ3n) is 9.80. The summed E-state index contributed by atoms with van der Waals surface area (Å²) in [6.07, 6.45) is 50.1. The number of aliphatic hydroxyl groups is 2. The fraction of sp³-hybridized carbons (Fsp3) is 0.750. The average Bonchev–Trinajstić information content (AvgIpc) is 3.16. The summed E-state index contributed by atoms with van der Waals surface area (Å²) in [6.45, 7) is 6.33. The van der Waals surface area contributed by atoms with Crippen molar-refractivity contribution in [2.75, 3.05) is 6.61 Å². The molecule has 0 aliphatic heterocycles. The minimum Gasteiger partial charge on any atom is -0.462 e. The maximum Gasteiger partial charge on any atom is 0.306 e. The van der Waals surface area contributed by atoms with Crippen molar-refractivity contribution in [3.8, 4) is 0 Å². The maximum atomic E-state index is 13.1. The monoisotopic (exact) mass is 756 g/mol. The summed E-state index contributed by atoms with van der Waals surface area (Å²) >= 11 is 0. The molecule has 0 radical (unpaired) electrons. The van der Waals surface area contributed by atoms with Crippen LogP contribution in [0.3, 0.4) is 0 Å². The van der Waals surface area contributed by atoms with E-state index in [9.17, 15) is 19.8 Å². The molecule has 312 valence electrons. The van der Waals surface area contributed by atoms with Crippen LogP contribution in [0.25, 0.3) is 0 Å². The average molecular weight is 756 g/mol. The van der Waals surface area contributed by atoms with Gasteiger partial charge in [-0.25, -0.2) is 0 Å². The molecule has 0 heterocycles. The second kappa shape index (κ2) is 41.7. The lowest BCUT2D eigenvalue weighted by atomic mass is 10.0. The minimum atomic E-state index is -0.799. The van der Waals surface area contributed by atoms with Crippen LogP contribution in [0.2, 0.25) is 0 Å². The Morgan fingerprint density at radius 3 is 1.56 bits per heavy atom. The molecule has 0 spiro atoms. The number of aliphatic hydroxyl groups excluding tert-OH is 2. The van der Waals surface area contributed by atoms with Crippen molar-refractivity contribution >= 4 is 11.9 Å². The van der Waals surface area contributed by atoms with Crippen LogP contribution in [-0.2, 0) is 14.3 Å². The summed E-state index contributed by atoms with van der Waals surface area (Å²) in [7, 11) is 0. The minimum absolute atomic E-state index is 0.0425. The predicted molar refractivity (Wildman–Crippen MR) is 232 cm³/mol. The van der Waals surface area contributed by atoms with Gasteiger partial charge in [-0.1, -0.05) is 171 Å². The Labute approximate surface area is 333 Å². The van der Waals surface area contributed by atoms with Gasteiger partial charge in [0.25, 0.3) is 0 Å². The van der Waals surface area contributed by atoms with Crippen molar-refractivity contribution in [2.45, 2.75) is 225 Å². The van der Waals surface area contributed by atoms with Crippen LogP contribution in [0.15, 0.2) is 60.8 Å². The van der Waals surface area contributed by atoms with Gasteiger partial charge in [0.05, 0.1) is 25.2 Å². The first kappa shape index (κ1) is 51.6. The Kier molecular flexibility index (Phi) is 39.8. The van der Waals surface area contributed by atoms with Gasteiger partial charge < -0.3 is 20.3 Å². The van der Waals surface area contributed by atoms with Gasteiger partial charge in [0.15, 0.2) is 0 Å². The summed E-state index contributed by atoms with van der Waals surface area (Å²) < 4.78 is 5.84. The molecule has 0 aromatic heterocycles. The lowest BCUT2D eigenvalue weighted by molar-refractivity contribution is -0.151. The Morgan fingerprint density at radius 1 is 0.537 bits per heavy atom. The number of rotatable bonds is 39. The van der Waals surface area contributed by atoms with E-state index in [1.807, 2.05) is 0 Å². The lowest BCUT2D eigenvalue weighted by Gasteiger charge is -2.24. The zero-order chi connectivity index (χ0) is 39.6. The van der Waals surface area contributed by atoms with Crippen LogP contribution in [-0.4, -0.2) is 46.9 Å². The smallest absolute Gasteiger partial charge is 0.306 e. The van der Waals surface area contributed by atoms with Crippen LogP contribution < -0.4 is 5.32 Å². The molecule has 3 N–H and O–H groups in total. The van der Waals surface area contributed by atoms with E-state index >= 15 is 0 Å². The van der Waals surface area contributed by atoms with Crippen LogP contribution in [0.1, 0.15) is 207 Å². The normalized spacial score (nSPS) is 13.9. The third kappa shape index (κ3) is 36.5. The molecule has 0 rings (SSSR count). The van der Waals surface area contributed by atoms with Crippen molar-refractivity contribution in [2.24, 2.45) is 0 Å². The molecule has 0 aromatic carbocycles. The molecule has 1 amide bonds. The van der Waals surface area contributed by atoms with Gasteiger partial charge in [-0.05, 0) is 83.5 Å². The van der Waals surface area contributed by atoms with Crippen molar-refractivity contribution in [1.82, 2.24) is 5.32 Å². The summed E-state index contributed by atoms with van der Waals surface area (Å²) in [5.74, 6) is -0.566. The predicted octanol–water partition coefficient (Wildman–Crippen LogP) is 12.9. The van der Waals surface area contributed by atoms with Crippen molar-refractivity contribution in [1.29, 1.82) is 0 Å². The molecule has 3 atom stereocenters. The van der Waals surface area contributed by atoms with Gasteiger partial charge in [-0.15, -0.1) is 0 Å². The van der Waals surface area contributed by atoms with E-state index in [2.05, 4.69) is 86.8 Å². The standard InChI is InChI=1S/C48H85NO5/c1-4-7-10-13-16-19-21-22-23-24-25-26-27-29-32-35-38-41-48(53)54-44(39-36-33-30-18-15-12-9-6-3)42-47(52)49-45(43-50)46(51)40-37-34-31-28-20-17-14-11-8-5-2/h12,15-16,19,22-23,25-26,29,32,44-46,50-51H,4-11,13-14,17-18,20-21,24,27-28,30-31,33-43H2,1-3H3,(H,49,52)/b15-12-,19-16-,23-22-,26-25-,32-29-. The first-order valence-corrected chi connectivity index (χ1v) is 22.5. The van der Waals surface area contributed by atoms with Gasteiger partial charge >= 0.3 is 5.97 Å². The Bertz CT molecular complexity index is 984. The van der Waals surface area contributed by atoms with Gasteiger partial charge in [-0.2, -0.15) is 0 Å². The highest BCUT2D eigenvalue weighted by atomic mass is 16.5. The van der Waals surface area contributed by atoms with E-state index in [-0.39, 0.29) is 24.9 Å². The molecule has 0 bridgehead atoms. The van der Waals surface area contributed by atoms with E-state index in [1.165, 1.54) is 70.6 Å². The van der Waals surface area contributed by atoms with Crippen LogP contribution in [0, 0.1) is 0 Å². The topological polar surface area (TPSA) is 95.9 Å². The second-order valence-corrected chi connectivity index (χ2v) is 15.1. The van der Waals surface area contributed by atoms with E-state index in [4.69, 9.17) is 4.74 Å². The summed E-state index contributed by atoms with van der Waals surface area (Å²) in [4.78, 5) is 25.9. The molecule has 0 aliphatic carbocycles. The molecule has 3 unspecified atom stereocenters. The van der Waals surface area contributed by atoms with Gasteiger partial charge in [-0.3, -0.25) is 9.59 Å². The zero-order valence-corrected chi connectivity index (χ0v) is 35.3. The largest absolute Gasteiger partial charge is 0.462 e. The molecular weight excluding hydrogens is 671 g/mol. The number of hydrogen-bond acceptors (Lipinski definition) is 5. The second-order valence-electron chi connectivity index (χ2n) is 15.1. The highest BCUT2D eigenvalue weighted by molar-refractivity contribution is 5.77. The first-order chi connectivity index (χ1) is 26.5. The van der Waals surface area contributed by atoms with E-state index < -0.39 is 18.2 Å². The Balaban J connectivity index is 4.60. The SMILES string of the molecule is CCC/C=C\CCCCCC(CC(=O)NC(CO)C(O)CCCCCCCCCCCC)OC(=O)CCC/C=C\C/C=C\C/C=C\C/C=C\CCCCC. The number of amides is 1. The van der Waals surface area contributed by atoms with Gasteiger partial charge in [0.2, 0.25) is 5.91 Å². The molecule has 0 saturated carbocycles. The summed E-state index contributed by atoms with van der Waals surface area (Å²) in [5, 5.41) is 23.5. The summed E-state index contributed by atoms with van der Waals surface area (Å²) in [5.41, 5.74) is 0. The number of carbonyl (C=O) groups excluding carboxylic acids is 2. The van der Waals surface area contributed by atoms with E-state index in [0.29, 0.717) is 25.7 Å². The molecule has 0 saturated heterocycles. The van der Waals surface area contributed by atoms with Crippen LogP contribution >= 0.6 is 0 Å². The number of ether oxygens (including phenoxy) is 1. The molecular formula is C48H85NO5. The molecule has 54 heavy (non-hydrogen) atoms. The summed E-state index contributed by atoms with van der Waals surface area (Å²) in [6, 6.07) is -0.715. The zero-order valence-electron chi connectivity index (χ0n) is 35.3. The number of nitrogens with one attached hydrogen (secondary N) is 1. The Morgan fingerprint density at radius 2 is 0.981 bits per heavy atom. The number of carbonyl (C=O) groups is 2. The lowest BCUT2D eigenvalue weighted by Crippen LogP contribution is -2.46. The molecule has 6 nitrogen and oxygen atoms in total. The third-order valence-corrected chi connectivity index (χ3v) is 9.80. The van der Waals surface area contributed by atoms with E-state index in [1.54, 1.807) is 0 Å². The molecule has 0 aromatic rings.